The summed E-state index contributed by atoms with van der Waals surface area (Å²) in [6.45, 7) is 3.77. The molecule has 0 aliphatic carbocycles. The second kappa shape index (κ2) is 6.64. The second-order valence-corrected chi connectivity index (χ2v) is 5.43. The summed E-state index contributed by atoms with van der Waals surface area (Å²) in [5, 5.41) is 6.64. The highest BCUT2D eigenvalue weighted by molar-refractivity contribution is 5.74. The third kappa shape index (κ3) is 3.44. The standard InChI is InChI=1S/C16H24N2O2/c1-4-5-6-12-9-16(17-11(2)19)14-10-13(20-3)7-8-15(14)18-12/h7-8,10,12,16,18H,4-6,9H2,1-3H3,(H,17,19)/t12-,16+/m1/s1. The van der Waals surface area contributed by atoms with Gasteiger partial charge in [0, 0.05) is 24.2 Å². The molecule has 0 saturated heterocycles. The molecule has 1 heterocycles. The maximum Gasteiger partial charge on any atom is 0.217 e. The molecule has 1 amide bonds. The fraction of sp³-hybridized carbons (Fsp3) is 0.562. The highest BCUT2D eigenvalue weighted by Crippen LogP contribution is 2.36. The summed E-state index contributed by atoms with van der Waals surface area (Å²) in [6, 6.07) is 6.51. The molecule has 4 nitrogen and oxygen atoms in total. The molecule has 2 atom stereocenters. The summed E-state index contributed by atoms with van der Waals surface area (Å²) in [5.74, 6) is 0.841. The first-order chi connectivity index (χ1) is 9.63. The molecule has 110 valence electrons. The zero-order valence-electron chi connectivity index (χ0n) is 12.5. The van der Waals surface area contributed by atoms with E-state index >= 15 is 0 Å². The van der Waals surface area contributed by atoms with E-state index < -0.39 is 0 Å². The van der Waals surface area contributed by atoms with Crippen LogP contribution in [-0.4, -0.2) is 19.1 Å². The van der Waals surface area contributed by atoms with Crippen LogP contribution in [0.5, 0.6) is 5.75 Å². The molecule has 1 aromatic carbocycles. The number of rotatable bonds is 5. The van der Waals surface area contributed by atoms with Gasteiger partial charge in [-0.3, -0.25) is 4.79 Å². The molecule has 1 aliphatic rings. The van der Waals surface area contributed by atoms with Crippen molar-refractivity contribution in [2.75, 3.05) is 12.4 Å². The number of hydrogen-bond donors (Lipinski definition) is 2. The van der Waals surface area contributed by atoms with E-state index in [-0.39, 0.29) is 11.9 Å². The van der Waals surface area contributed by atoms with Gasteiger partial charge >= 0.3 is 0 Å². The molecule has 0 fully saturated rings. The lowest BCUT2D eigenvalue weighted by atomic mass is 9.90. The van der Waals surface area contributed by atoms with Gasteiger partial charge in [-0.1, -0.05) is 19.8 Å². The zero-order valence-corrected chi connectivity index (χ0v) is 12.5. The van der Waals surface area contributed by atoms with E-state index in [1.165, 1.54) is 12.8 Å². The quantitative estimate of drug-likeness (QED) is 0.868. The number of methoxy groups -OCH3 is 1. The number of nitrogens with one attached hydrogen (secondary N) is 2. The van der Waals surface area contributed by atoms with Crippen LogP contribution in [0.2, 0.25) is 0 Å². The van der Waals surface area contributed by atoms with Crippen molar-refractivity contribution < 1.29 is 9.53 Å². The van der Waals surface area contributed by atoms with E-state index in [0.717, 1.165) is 29.8 Å². The Labute approximate surface area is 120 Å². The van der Waals surface area contributed by atoms with Crippen LogP contribution in [0.4, 0.5) is 5.69 Å². The minimum atomic E-state index is 0.0138. The van der Waals surface area contributed by atoms with Crippen LogP contribution in [0.15, 0.2) is 18.2 Å². The fourth-order valence-electron chi connectivity index (χ4n) is 2.80. The van der Waals surface area contributed by atoms with E-state index in [1.54, 1.807) is 14.0 Å². The number of amides is 1. The molecule has 20 heavy (non-hydrogen) atoms. The molecule has 0 saturated carbocycles. The van der Waals surface area contributed by atoms with Gasteiger partial charge in [-0.05, 0) is 31.0 Å². The minimum absolute atomic E-state index is 0.0138. The molecule has 1 aliphatic heterocycles. The van der Waals surface area contributed by atoms with Crippen molar-refractivity contribution in [2.24, 2.45) is 0 Å². The van der Waals surface area contributed by atoms with E-state index in [1.807, 2.05) is 18.2 Å². The van der Waals surface area contributed by atoms with Crippen molar-refractivity contribution in [1.29, 1.82) is 0 Å². The summed E-state index contributed by atoms with van der Waals surface area (Å²) in [7, 11) is 1.66. The molecule has 2 rings (SSSR count). The number of benzene rings is 1. The number of unbranched alkanes of at least 4 members (excludes halogenated alkanes) is 1. The molecule has 0 bridgehead atoms. The average Bonchev–Trinajstić information content (AvgIpc) is 2.44. The number of fused-ring (bicyclic) bond motifs is 1. The van der Waals surface area contributed by atoms with Crippen LogP contribution in [0.1, 0.15) is 51.1 Å². The monoisotopic (exact) mass is 276 g/mol. The third-order valence-corrected chi connectivity index (χ3v) is 3.80. The Kier molecular flexibility index (Phi) is 4.88. The Bertz CT molecular complexity index is 474. The smallest absolute Gasteiger partial charge is 0.217 e. The van der Waals surface area contributed by atoms with Gasteiger partial charge in [0.2, 0.25) is 5.91 Å². The van der Waals surface area contributed by atoms with Crippen molar-refractivity contribution in [2.45, 2.75) is 51.6 Å². The average molecular weight is 276 g/mol. The number of anilines is 1. The number of carbonyl (C=O) groups excluding carboxylic acids is 1. The van der Waals surface area contributed by atoms with Crippen molar-refractivity contribution in [1.82, 2.24) is 5.32 Å². The van der Waals surface area contributed by atoms with Gasteiger partial charge < -0.3 is 15.4 Å². The van der Waals surface area contributed by atoms with Crippen molar-refractivity contribution in [3.63, 3.8) is 0 Å². The van der Waals surface area contributed by atoms with Gasteiger partial charge in [0.15, 0.2) is 0 Å². The highest BCUT2D eigenvalue weighted by atomic mass is 16.5. The van der Waals surface area contributed by atoms with E-state index in [9.17, 15) is 4.79 Å². The van der Waals surface area contributed by atoms with Crippen LogP contribution >= 0.6 is 0 Å². The second-order valence-electron chi connectivity index (χ2n) is 5.43. The van der Waals surface area contributed by atoms with E-state index in [4.69, 9.17) is 4.74 Å². The van der Waals surface area contributed by atoms with Gasteiger partial charge in [-0.25, -0.2) is 0 Å². The maximum atomic E-state index is 11.4. The molecule has 0 aromatic heterocycles. The first kappa shape index (κ1) is 14.7. The molecule has 4 heteroatoms. The molecule has 1 aromatic rings. The van der Waals surface area contributed by atoms with Gasteiger partial charge in [0.05, 0.1) is 13.2 Å². The first-order valence-electron chi connectivity index (χ1n) is 7.35. The third-order valence-electron chi connectivity index (χ3n) is 3.80. The molecule has 0 spiro atoms. The largest absolute Gasteiger partial charge is 0.497 e. The van der Waals surface area contributed by atoms with Crippen LogP contribution in [0.25, 0.3) is 0 Å². The SMILES string of the molecule is CCCC[C@@H]1C[C@H](NC(C)=O)c2cc(OC)ccc2N1. The number of hydrogen-bond acceptors (Lipinski definition) is 3. The van der Waals surface area contributed by atoms with Crippen LogP contribution in [0, 0.1) is 0 Å². The summed E-state index contributed by atoms with van der Waals surface area (Å²) in [5.41, 5.74) is 2.23. The van der Waals surface area contributed by atoms with E-state index in [2.05, 4.69) is 17.6 Å². The topological polar surface area (TPSA) is 50.4 Å². The van der Waals surface area contributed by atoms with Crippen molar-refractivity contribution in [3.8, 4) is 5.75 Å². The molecule has 0 unspecified atom stereocenters. The number of carbonyl (C=O) groups is 1. The lowest BCUT2D eigenvalue weighted by Crippen LogP contribution is -2.36. The Balaban J connectivity index is 2.23. The van der Waals surface area contributed by atoms with Crippen LogP contribution in [0.3, 0.4) is 0 Å². The zero-order chi connectivity index (χ0) is 14.5. The Morgan fingerprint density at radius 1 is 1.50 bits per heavy atom. The van der Waals surface area contributed by atoms with Gasteiger partial charge in [0.25, 0.3) is 0 Å². The van der Waals surface area contributed by atoms with Gasteiger partial charge in [0.1, 0.15) is 5.75 Å². The lowest BCUT2D eigenvalue weighted by molar-refractivity contribution is -0.119. The maximum absolute atomic E-state index is 11.4. The molecule has 0 radical (unpaired) electrons. The predicted molar refractivity (Wildman–Crippen MR) is 81.1 cm³/mol. The van der Waals surface area contributed by atoms with Crippen LogP contribution in [-0.2, 0) is 4.79 Å². The fourth-order valence-corrected chi connectivity index (χ4v) is 2.80. The summed E-state index contributed by atoms with van der Waals surface area (Å²) >= 11 is 0. The molecular formula is C16H24N2O2. The van der Waals surface area contributed by atoms with Crippen molar-refractivity contribution >= 4 is 11.6 Å². The van der Waals surface area contributed by atoms with Crippen molar-refractivity contribution in [3.05, 3.63) is 23.8 Å². The highest BCUT2D eigenvalue weighted by Gasteiger charge is 2.27. The Hall–Kier alpha value is -1.71. The summed E-state index contributed by atoms with van der Waals surface area (Å²) in [6.07, 6.45) is 4.46. The molecular weight excluding hydrogens is 252 g/mol. The summed E-state index contributed by atoms with van der Waals surface area (Å²) < 4.78 is 5.28. The Morgan fingerprint density at radius 3 is 2.95 bits per heavy atom. The van der Waals surface area contributed by atoms with Gasteiger partial charge in [-0.2, -0.15) is 0 Å². The minimum Gasteiger partial charge on any atom is -0.497 e. The summed E-state index contributed by atoms with van der Waals surface area (Å²) in [4.78, 5) is 11.4. The van der Waals surface area contributed by atoms with Crippen LogP contribution < -0.4 is 15.4 Å². The number of ether oxygens (including phenoxy) is 1. The predicted octanol–water partition coefficient (Wildman–Crippen LogP) is 3.25. The normalized spacial score (nSPS) is 20.8. The van der Waals surface area contributed by atoms with Gasteiger partial charge in [-0.15, -0.1) is 0 Å². The lowest BCUT2D eigenvalue weighted by Gasteiger charge is -2.34. The first-order valence-corrected chi connectivity index (χ1v) is 7.35. The molecule has 2 N–H and O–H groups in total. The Morgan fingerprint density at radius 2 is 2.30 bits per heavy atom. The van der Waals surface area contributed by atoms with E-state index in [0.29, 0.717) is 6.04 Å².